The third-order valence-corrected chi connectivity index (χ3v) is 4.20. The number of carbonyl (C=O) groups is 1. The minimum Gasteiger partial charge on any atom is -0.439 e. The molecule has 2 atom stereocenters. The van der Waals surface area contributed by atoms with Crippen LogP contribution in [0.1, 0.15) is 34.4 Å². The van der Waals surface area contributed by atoms with E-state index in [1.54, 1.807) is 36.7 Å². The van der Waals surface area contributed by atoms with Crippen molar-refractivity contribution in [1.82, 2.24) is 15.3 Å². The second kappa shape index (κ2) is 7.45. The van der Waals surface area contributed by atoms with Gasteiger partial charge in [0.25, 0.3) is 0 Å². The van der Waals surface area contributed by atoms with E-state index < -0.39 is 24.2 Å². The summed E-state index contributed by atoms with van der Waals surface area (Å²) in [4.78, 5) is 19.5. The predicted molar refractivity (Wildman–Crippen MR) is 95.9 cm³/mol. The lowest BCUT2D eigenvalue weighted by molar-refractivity contribution is 0.132. The van der Waals surface area contributed by atoms with E-state index in [0.29, 0.717) is 22.3 Å². The van der Waals surface area contributed by atoms with Crippen molar-refractivity contribution in [2.45, 2.75) is 12.1 Å². The zero-order valence-electron chi connectivity index (χ0n) is 14.4. The minimum absolute atomic E-state index is 0.371. The smallest absolute Gasteiger partial charge is 0.408 e. The topological polar surface area (TPSA) is 64.1 Å². The molecule has 0 unspecified atom stereocenters. The van der Waals surface area contributed by atoms with Crippen LogP contribution < -0.4 is 5.32 Å². The first-order valence-electron chi connectivity index (χ1n) is 8.39. The van der Waals surface area contributed by atoms with Gasteiger partial charge in [-0.2, -0.15) is 4.39 Å². The highest BCUT2D eigenvalue weighted by Crippen LogP contribution is 2.36. The van der Waals surface area contributed by atoms with Gasteiger partial charge in [-0.25, -0.2) is 14.2 Å². The van der Waals surface area contributed by atoms with Crippen molar-refractivity contribution in [1.29, 1.82) is 0 Å². The highest BCUT2D eigenvalue weighted by Gasteiger charge is 2.36. The van der Waals surface area contributed by atoms with Gasteiger partial charge >= 0.3 is 6.09 Å². The number of hydrogen-bond acceptors (Lipinski definition) is 4. The summed E-state index contributed by atoms with van der Waals surface area (Å²) in [6.07, 6.45) is 3.33. The van der Waals surface area contributed by atoms with Crippen molar-refractivity contribution in [3.05, 3.63) is 95.1 Å². The highest BCUT2D eigenvalue weighted by atomic mass is 19.1. The van der Waals surface area contributed by atoms with Gasteiger partial charge in [0, 0.05) is 35.8 Å². The summed E-state index contributed by atoms with van der Waals surface area (Å²) < 4.78 is 31.7. The van der Waals surface area contributed by atoms with Crippen molar-refractivity contribution >= 4 is 6.09 Å². The quantitative estimate of drug-likeness (QED) is 0.547. The van der Waals surface area contributed by atoms with Gasteiger partial charge in [-0.15, -0.1) is 0 Å². The van der Waals surface area contributed by atoms with Gasteiger partial charge in [-0.3, -0.25) is 4.98 Å². The molecule has 138 valence electrons. The third kappa shape index (κ3) is 3.81. The first kappa shape index (κ1) is 17.6. The van der Waals surface area contributed by atoms with E-state index in [1.807, 2.05) is 0 Å². The molecule has 0 spiro atoms. The van der Waals surface area contributed by atoms with Crippen molar-refractivity contribution < 1.29 is 18.3 Å². The van der Waals surface area contributed by atoms with Crippen LogP contribution in [0.2, 0.25) is 0 Å². The molecule has 28 heavy (non-hydrogen) atoms. The summed E-state index contributed by atoms with van der Waals surface area (Å²) in [5.41, 5.74) is 2.43. The molecule has 3 heterocycles. The second-order valence-electron chi connectivity index (χ2n) is 6.12. The number of ether oxygens (including phenoxy) is 1. The number of nitrogens with zero attached hydrogens (tertiary/aromatic N) is 2. The highest BCUT2D eigenvalue weighted by molar-refractivity contribution is 5.71. The Morgan fingerprint density at radius 2 is 1.75 bits per heavy atom. The average molecular weight is 377 g/mol. The predicted octanol–water partition coefficient (Wildman–Crippen LogP) is 3.68. The lowest BCUT2D eigenvalue weighted by Crippen LogP contribution is -2.19. The van der Waals surface area contributed by atoms with Crippen molar-refractivity contribution in [3.8, 4) is 11.8 Å². The molecule has 1 N–H and O–H groups in total. The third-order valence-electron chi connectivity index (χ3n) is 4.20. The molecule has 0 bridgehead atoms. The van der Waals surface area contributed by atoms with Crippen molar-refractivity contribution in [2.75, 3.05) is 0 Å². The van der Waals surface area contributed by atoms with E-state index in [4.69, 9.17) is 4.74 Å². The van der Waals surface area contributed by atoms with Gasteiger partial charge in [0.1, 0.15) is 11.9 Å². The molecule has 5 nitrogen and oxygen atoms in total. The number of cyclic esters (lactones) is 1. The molecule has 0 aliphatic carbocycles. The number of amides is 1. The molecular formula is C21H13F2N3O2. The standard InChI is InChI=1S/C21H13F2N3O2/c22-17-5-3-15(4-6-17)20-19(26-21(27)28-20)16-9-14(11-24-12-16)2-1-13-7-8-25-18(23)10-13/h3-12,19-20H,(H,26,27)/t19-,20-/m1/s1. The zero-order chi connectivity index (χ0) is 19.5. The second-order valence-corrected chi connectivity index (χ2v) is 6.12. The summed E-state index contributed by atoms with van der Waals surface area (Å²) in [5.74, 6) is 4.79. The maximum Gasteiger partial charge on any atom is 0.408 e. The Morgan fingerprint density at radius 3 is 2.54 bits per heavy atom. The van der Waals surface area contributed by atoms with Crippen molar-refractivity contribution in [2.24, 2.45) is 0 Å². The van der Waals surface area contributed by atoms with Gasteiger partial charge in [0.15, 0.2) is 6.10 Å². The van der Waals surface area contributed by atoms with Crippen LogP contribution in [0.4, 0.5) is 13.6 Å². The van der Waals surface area contributed by atoms with Gasteiger partial charge in [0.2, 0.25) is 5.95 Å². The number of alkyl carbamates (subject to hydrolysis) is 1. The first-order chi connectivity index (χ1) is 13.6. The number of pyridine rings is 2. The monoisotopic (exact) mass is 377 g/mol. The number of hydrogen-bond donors (Lipinski definition) is 1. The van der Waals surface area contributed by atoms with E-state index in [0.717, 1.165) is 0 Å². The van der Waals surface area contributed by atoms with Crippen LogP contribution in [0.15, 0.2) is 61.1 Å². The van der Waals surface area contributed by atoms with E-state index >= 15 is 0 Å². The number of benzene rings is 1. The SMILES string of the molecule is O=C1N[C@H](c2cncc(C#Cc3ccnc(F)c3)c2)[C@@H](c2ccc(F)cc2)O1. The average Bonchev–Trinajstić information content (AvgIpc) is 3.09. The van der Waals surface area contributed by atoms with Crippen LogP contribution in [-0.2, 0) is 4.74 Å². The molecule has 1 aliphatic rings. The Labute approximate surface area is 159 Å². The molecule has 4 rings (SSSR count). The van der Waals surface area contributed by atoms with E-state index in [1.165, 1.54) is 24.4 Å². The van der Waals surface area contributed by atoms with Crippen LogP contribution in [-0.4, -0.2) is 16.1 Å². The lowest BCUT2D eigenvalue weighted by Gasteiger charge is -2.17. The fourth-order valence-electron chi connectivity index (χ4n) is 2.91. The summed E-state index contributed by atoms with van der Waals surface area (Å²) in [7, 11) is 0. The number of aromatic nitrogens is 2. The Morgan fingerprint density at radius 1 is 0.964 bits per heavy atom. The van der Waals surface area contributed by atoms with E-state index in [9.17, 15) is 13.6 Å². The first-order valence-corrected chi connectivity index (χ1v) is 8.39. The summed E-state index contributed by atoms with van der Waals surface area (Å²) in [6.45, 7) is 0. The normalized spacial score (nSPS) is 18.0. The molecule has 7 heteroatoms. The Kier molecular flexibility index (Phi) is 4.68. The molecule has 1 aromatic carbocycles. The molecular weight excluding hydrogens is 364 g/mol. The number of carbonyl (C=O) groups excluding carboxylic acids is 1. The molecule has 0 radical (unpaired) electrons. The number of rotatable bonds is 2. The van der Waals surface area contributed by atoms with Crippen LogP contribution in [0.5, 0.6) is 0 Å². The van der Waals surface area contributed by atoms with Gasteiger partial charge in [-0.05, 0) is 35.4 Å². The van der Waals surface area contributed by atoms with Crippen molar-refractivity contribution in [3.63, 3.8) is 0 Å². The largest absolute Gasteiger partial charge is 0.439 e. The van der Waals surface area contributed by atoms with Gasteiger partial charge in [0.05, 0.1) is 0 Å². The maximum absolute atomic E-state index is 13.2. The molecule has 3 aromatic rings. The van der Waals surface area contributed by atoms with Crippen LogP contribution in [0.25, 0.3) is 0 Å². The summed E-state index contributed by atoms with van der Waals surface area (Å²) in [6, 6.07) is 9.88. The molecule has 1 saturated heterocycles. The lowest BCUT2D eigenvalue weighted by atomic mass is 9.97. The molecule has 1 fully saturated rings. The number of nitrogens with one attached hydrogen (secondary N) is 1. The Balaban J connectivity index is 1.63. The summed E-state index contributed by atoms with van der Waals surface area (Å²) in [5, 5.41) is 2.74. The summed E-state index contributed by atoms with van der Waals surface area (Å²) >= 11 is 0. The Bertz CT molecular complexity index is 1090. The Hall–Kier alpha value is -3.79. The molecule has 2 aromatic heterocycles. The zero-order valence-corrected chi connectivity index (χ0v) is 14.4. The number of halogens is 2. The van der Waals surface area contributed by atoms with Crippen LogP contribution >= 0.6 is 0 Å². The van der Waals surface area contributed by atoms with E-state index in [-0.39, 0.29) is 5.82 Å². The molecule has 0 saturated carbocycles. The van der Waals surface area contributed by atoms with Gasteiger partial charge in [-0.1, -0.05) is 24.0 Å². The van der Waals surface area contributed by atoms with Gasteiger partial charge < -0.3 is 10.1 Å². The van der Waals surface area contributed by atoms with E-state index in [2.05, 4.69) is 27.1 Å². The maximum atomic E-state index is 13.2. The fraction of sp³-hybridized carbons (Fsp3) is 0.0952. The molecule has 1 aliphatic heterocycles. The fourth-order valence-corrected chi connectivity index (χ4v) is 2.91. The molecule has 1 amide bonds. The minimum atomic E-state index is -0.618. The van der Waals surface area contributed by atoms with Crippen LogP contribution in [0.3, 0.4) is 0 Å². The van der Waals surface area contributed by atoms with Crippen LogP contribution in [0, 0.1) is 23.6 Å².